The molecule has 1 aromatic carbocycles. The molecule has 0 aromatic heterocycles. The van der Waals surface area contributed by atoms with Crippen LogP contribution in [0.3, 0.4) is 0 Å². The topological polar surface area (TPSA) is 54.5 Å². The number of aryl methyl sites for hydroxylation is 2. The van der Waals surface area contributed by atoms with Gasteiger partial charge in [0.2, 0.25) is 5.91 Å². The van der Waals surface area contributed by atoms with Crippen molar-refractivity contribution in [3.8, 4) is 0 Å². The molecule has 0 unspecified atom stereocenters. The van der Waals surface area contributed by atoms with E-state index in [4.69, 9.17) is 0 Å². The van der Waals surface area contributed by atoms with E-state index >= 15 is 0 Å². The van der Waals surface area contributed by atoms with Crippen LogP contribution in [-0.2, 0) is 14.6 Å². The summed E-state index contributed by atoms with van der Waals surface area (Å²) in [5.74, 6) is 0.627. The molecule has 2 rings (SSSR count). The van der Waals surface area contributed by atoms with Gasteiger partial charge in [-0.15, -0.1) is 11.8 Å². The molecule has 21 heavy (non-hydrogen) atoms. The fourth-order valence-corrected chi connectivity index (χ4v) is 5.19. The first-order chi connectivity index (χ1) is 9.78. The van der Waals surface area contributed by atoms with Crippen molar-refractivity contribution in [1.29, 1.82) is 0 Å². The number of hydrogen-bond donors (Lipinski definition) is 0. The highest BCUT2D eigenvalue weighted by Gasteiger charge is 2.32. The Morgan fingerprint density at radius 3 is 2.67 bits per heavy atom. The third-order valence-electron chi connectivity index (χ3n) is 3.83. The number of sulfone groups is 1. The lowest BCUT2D eigenvalue weighted by molar-refractivity contribution is -0.128. The molecule has 1 aromatic rings. The number of nitrogens with zero attached hydrogens (tertiary/aromatic N) is 1. The molecular weight excluding hydrogens is 306 g/mol. The van der Waals surface area contributed by atoms with Crippen molar-refractivity contribution < 1.29 is 13.2 Å². The molecule has 116 valence electrons. The van der Waals surface area contributed by atoms with Crippen LogP contribution >= 0.6 is 11.8 Å². The van der Waals surface area contributed by atoms with E-state index in [9.17, 15) is 13.2 Å². The lowest BCUT2D eigenvalue weighted by Crippen LogP contribution is -2.38. The van der Waals surface area contributed by atoms with Gasteiger partial charge in [0.1, 0.15) is 0 Å². The Balaban J connectivity index is 1.92. The summed E-state index contributed by atoms with van der Waals surface area (Å²) in [6.45, 7) is 4.08. The minimum atomic E-state index is -2.95. The Bertz CT molecular complexity index is 640. The highest BCUT2D eigenvalue weighted by Crippen LogP contribution is 2.24. The fraction of sp³-hybridized carbons (Fsp3) is 0.533. The number of rotatable bonds is 4. The maximum atomic E-state index is 12.2. The third-order valence-corrected chi connectivity index (χ3v) is 6.74. The molecule has 1 atom stereocenters. The van der Waals surface area contributed by atoms with Crippen LogP contribution in [0.2, 0.25) is 0 Å². The van der Waals surface area contributed by atoms with Gasteiger partial charge < -0.3 is 4.90 Å². The van der Waals surface area contributed by atoms with Gasteiger partial charge in [-0.1, -0.05) is 17.7 Å². The molecule has 1 aliphatic heterocycles. The van der Waals surface area contributed by atoms with Crippen molar-refractivity contribution in [3.05, 3.63) is 29.3 Å². The predicted molar refractivity (Wildman–Crippen MR) is 86.5 cm³/mol. The zero-order valence-corrected chi connectivity index (χ0v) is 14.3. The molecule has 0 spiro atoms. The summed E-state index contributed by atoms with van der Waals surface area (Å²) >= 11 is 1.51. The van der Waals surface area contributed by atoms with Crippen LogP contribution in [0, 0.1) is 13.8 Å². The van der Waals surface area contributed by atoms with Crippen LogP contribution in [0.5, 0.6) is 0 Å². The number of carbonyl (C=O) groups excluding carboxylic acids is 1. The first-order valence-electron chi connectivity index (χ1n) is 6.94. The summed E-state index contributed by atoms with van der Waals surface area (Å²) in [6, 6.07) is 6.00. The predicted octanol–water partition coefficient (Wildman–Crippen LogP) is 2.04. The van der Waals surface area contributed by atoms with Crippen LogP contribution in [0.25, 0.3) is 0 Å². The molecule has 0 saturated carbocycles. The van der Waals surface area contributed by atoms with E-state index in [1.165, 1.54) is 22.9 Å². The molecular formula is C15H21NO3S2. The van der Waals surface area contributed by atoms with Crippen molar-refractivity contribution in [2.75, 3.05) is 24.3 Å². The third kappa shape index (κ3) is 4.23. The zero-order valence-electron chi connectivity index (χ0n) is 12.6. The van der Waals surface area contributed by atoms with Gasteiger partial charge in [-0.05, 0) is 31.9 Å². The Hall–Kier alpha value is -1.01. The first-order valence-corrected chi connectivity index (χ1v) is 9.75. The average molecular weight is 327 g/mol. The van der Waals surface area contributed by atoms with E-state index < -0.39 is 9.84 Å². The molecule has 1 aliphatic rings. The highest BCUT2D eigenvalue weighted by atomic mass is 32.2. The van der Waals surface area contributed by atoms with Crippen LogP contribution in [0.15, 0.2) is 23.1 Å². The summed E-state index contributed by atoms with van der Waals surface area (Å²) in [5, 5.41) is 0. The van der Waals surface area contributed by atoms with E-state index in [0.29, 0.717) is 12.2 Å². The second-order valence-electron chi connectivity index (χ2n) is 5.62. The molecule has 1 amide bonds. The summed E-state index contributed by atoms with van der Waals surface area (Å²) < 4.78 is 23.0. The number of hydrogen-bond acceptors (Lipinski definition) is 4. The van der Waals surface area contributed by atoms with Crippen LogP contribution in [0.4, 0.5) is 0 Å². The quantitative estimate of drug-likeness (QED) is 0.794. The molecule has 6 heteroatoms. The van der Waals surface area contributed by atoms with Crippen molar-refractivity contribution in [3.63, 3.8) is 0 Å². The van der Waals surface area contributed by atoms with E-state index in [1.807, 2.05) is 26.0 Å². The van der Waals surface area contributed by atoms with Gasteiger partial charge in [-0.3, -0.25) is 4.79 Å². The maximum Gasteiger partial charge on any atom is 0.232 e. The Labute approximate surface area is 130 Å². The van der Waals surface area contributed by atoms with Crippen LogP contribution in [-0.4, -0.2) is 49.6 Å². The van der Waals surface area contributed by atoms with E-state index in [2.05, 4.69) is 6.07 Å². The molecule has 1 saturated heterocycles. The van der Waals surface area contributed by atoms with Crippen LogP contribution in [0.1, 0.15) is 17.5 Å². The average Bonchev–Trinajstić information content (AvgIpc) is 2.77. The summed E-state index contributed by atoms with van der Waals surface area (Å²) in [6.07, 6.45) is 0.554. The van der Waals surface area contributed by atoms with Gasteiger partial charge in [0.05, 0.1) is 17.3 Å². The second kappa shape index (κ2) is 6.40. The van der Waals surface area contributed by atoms with Crippen molar-refractivity contribution in [1.82, 2.24) is 4.90 Å². The minimum Gasteiger partial charge on any atom is -0.341 e. The van der Waals surface area contributed by atoms with E-state index in [-0.39, 0.29) is 23.5 Å². The number of amides is 1. The smallest absolute Gasteiger partial charge is 0.232 e. The number of thioether (sulfide) groups is 1. The molecule has 1 fully saturated rings. The van der Waals surface area contributed by atoms with Gasteiger partial charge in [0.15, 0.2) is 9.84 Å². The Kier molecular flexibility index (Phi) is 4.99. The van der Waals surface area contributed by atoms with Gasteiger partial charge >= 0.3 is 0 Å². The van der Waals surface area contributed by atoms with Gasteiger partial charge in [0, 0.05) is 18.0 Å². The van der Waals surface area contributed by atoms with Crippen molar-refractivity contribution in [2.45, 2.75) is 31.2 Å². The highest BCUT2D eigenvalue weighted by molar-refractivity contribution is 8.00. The van der Waals surface area contributed by atoms with Gasteiger partial charge in [-0.2, -0.15) is 0 Å². The minimum absolute atomic E-state index is 0.0120. The van der Waals surface area contributed by atoms with Gasteiger partial charge in [0.25, 0.3) is 0 Å². The summed E-state index contributed by atoms with van der Waals surface area (Å²) in [5.41, 5.74) is 2.37. The standard InChI is InChI=1S/C15H21NO3S2/c1-11-4-5-14(12(2)8-11)20-9-15(17)16(3)13-6-7-21(18,19)10-13/h4-5,8,13H,6-7,9-10H2,1-3H3/t13-/m1/s1. The summed E-state index contributed by atoms with van der Waals surface area (Å²) in [4.78, 5) is 14.9. The van der Waals surface area contributed by atoms with Crippen molar-refractivity contribution in [2.24, 2.45) is 0 Å². The summed E-state index contributed by atoms with van der Waals surface area (Å²) in [7, 11) is -1.25. The number of carbonyl (C=O) groups is 1. The monoisotopic (exact) mass is 327 g/mol. The zero-order chi connectivity index (χ0) is 15.6. The van der Waals surface area contributed by atoms with Crippen LogP contribution < -0.4 is 0 Å². The first kappa shape index (κ1) is 16.4. The fourth-order valence-electron chi connectivity index (χ4n) is 2.49. The van der Waals surface area contributed by atoms with Gasteiger partial charge in [-0.25, -0.2) is 8.42 Å². The van der Waals surface area contributed by atoms with E-state index in [0.717, 1.165) is 4.90 Å². The largest absolute Gasteiger partial charge is 0.341 e. The Morgan fingerprint density at radius 1 is 1.38 bits per heavy atom. The molecule has 1 heterocycles. The second-order valence-corrected chi connectivity index (χ2v) is 8.87. The normalized spacial score (nSPS) is 20.4. The maximum absolute atomic E-state index is 12.2. The van der Waals surface area contributed by atoms with E-state index in [1.54, 1.807) is 11.9 Å². The number of benzene rings is 1. The SMILES string of the molecule is Cc1ccc(SCC(=O)N(C)[C@@H]2CCS(=O)(=O)C2)c(C)c1. The Morgan fingerprint density at radius 2 is 2.10 bits per heavy atom. The molecule has 0 bridgehead atoms. The molecule has 4 nitrogen and oxygen atoms in total. The lowest BCUT2D eigenvalue weighted by atomic mass is 10.2. The molecule has 0 N–H and O–H groups in total. The van der Waals surface area contributed by atoms with Crippen molar-refractivity contribution >= 4 is 27.5 Å². The lowest BCUT2D eigenvalue weighted by Gasteiger charge is -2.23. The molecule has 0 aliphatic carbocycles. The molecule has 0 radical (unpaired) electrons.